The Morgan fingerprint density at radius 1 is 1.19 bits per heavy atom. The molecule has 1 aliphatic carbocycles. The summed E-state index contributed by atoms with van der Waals surface area (Å²) in [5.74, 6) is 1.11. The first kappa shape index (κ1) is 14.3. The van der Waals surface area contributed by atoms with Crippen LogP contribution in [0.1, 0.15) is 42.0 Å². The summed E-state index contributed by atoms with van der Waals surface area (Å²) in [5, 5.41) is 3.58. The zero-order chi connectivity index (χ0) is 14.8. The number of hydrogen-bond donors (Lipinski definition) is 1. The van der Waals surface area contributed by atoms with Gasteiger partial charge in [0.05, 0.1) is 0 Å². The SMILES string of the molecule is CCNC(c1ccc(F)c(C)c1)C1CC1c1ccccc1. The molecule has 0 bridgehead atoms. The molecule has 1 saturated carbocycles. The molecular formula is C19H22FN. The molecule has 0 saturated heterocycles. The van der Waals surface area contributed by atoms with Crippen molar-refractivity contribution >= 4 is 0 Å². The quantitative estimate of drug-likeness (QED) is 0.846. The Hall–Kier alpha value is -1.67. The number of aryl methyl sites for hydroxylation is 1. The van der Waals surface area contributed by atoms with Gasteiger partial charge < -0.3 is 5.32 Å². The van der Waals surface area contributed by atoms with Crippen LogP contribution in [0.15, 0.2) is 48.5 Å². The summed E-state index contributed by atoms with van der Waals surface area (Å²) in [4.78, 5) is 0. The molecule has 2 aromatic rings. The molecule has 0 radical (unpaired) electrons. The minimum absolute atomic E-state index is 0.121. The fourth-order valence-electron chi connectivity index (χ4n) is 3.26. The van der Waals surface area contributed by atoms with Crippen LogP contribution in [0.2, 0.25) is 0 Å². The summed E-state index contributed by atoms with van der Waals surface area (Å²) in [6.45, 7) is 4.89. The van der Waals surface area contributed by atoms with Crippen molar-refractivity contribution in [1.29, 1.82) is 0 Å². The molecule has 2 aromatic carbocycles. The summed E-state index contributed by atoms with van der Waals surface area (Å²) >= 11 is 0. The van der Waals surface area contributed by atoms with E-state index in [0.717, 1.165) is 12.1 Å². The van der Waals surface area contributed by atoms with Crippen molar-refractivity contribution in [3.05, 3.63) is 71.0 Å². The summed E-state index contributed by atoms with van der Waals surface area (Å²) in [6, 6.07) is 16.5. The third-order valence-electron chi connectivity index (χ3n) is 4.46. The fourth-order valence-corrected chi connectivity index (χ4v) is 3.26. The molecule has 0 spiro atoms. The van der Waals surface area contributed by atoms with Crippen LogP contribution in [-0.4, -0.2) is 6.54 Å². The van der Waals surface area contributed by atoms with E-state index in [0.29, 0.717) is 17.9 Å². The van der Waals surface area contributed by atoms with E-state index in [1.165, 1.54) is 17.5 Å². The van der Waals surface area contributed by atoms with Crippen LogP contribution in [-0.2, 0) is 0 Å². The Balaban J connectivity index is 1.81. The van der Waals surface area contributed by atoms with E-state index >= 15 is 0 Å². The Kier molecular flexibility index (Phi) is 4.07. The van der Waals surface area contributed by atoms with Gasteiger partial charge in [0.1, 0.15) is 5.82 Å². The van der Waals surface area contributed by atoms with Crippen LogP contribution in [0.3, 0.4) is 0 Å². The van der Waals surface area contributed by atoms with E-state index in [1.807, 2.05) is 19.1 Å². The molecule has 21 heavy (non-hydrogen) atoms. The van der Waals surface area contributed by atoms with Crippen molar-refractivity contribution in [2.45, 2.75) is 32.2 Å². The molecular weight excluding hydrogens is 261 g/mol. The van der Waals surface area contributed by atoms with Crippen LogP contribution in [0.25, 0.3) is 0 Å². The first-order valence-corrected chi connectivity index (χ1v) is 7.75. The smallest absolute Gasteiger partial charge is 0.126 e. The van der Waals surface area contributed by atoms with Crippen molar-refractivity contribution in [2.75, 3.05) is 6.54 Å². The highest BCUT2D eigenvalue weighted by molar-refractivity contribution is 5.32. The molecule has 1 nitrogen and oxygen atoms in total. The molecule has 110 valence electrons. The average molecular weight is 283 g/mol. The Labute approximate surface area is 126 Å². The standard InChI is InChI=1S/C19H22FN/c1-3-21-19(15-9-10-18(20)13(2)11-15)17-12-16(17)14-7-5-4-6-8-14/h4-11,16-17,19,21H,3,12H2,1-2H3. The second-order valence-corrected chi connectivity index (χ2v) is 5.96. The van der Waals surface area contributed by atoms with E-state index in [-0.39, 0.29) is 5.82 Å². The molecule has 0 amide bonds. The van der Waals surface area contributed by atoms with Gasteiger partial charge in [-0.1, -0.05) is 49.4 Å². The number of halogens is 1. The molecule has 3 unspecified atom stereocenters. The first-order chi connectivity index (χ1) is 10.2. The van der Waals surface area contributed by atoms with E-state index in [9.17, 15) is 4.39 Å². The van der Waals surface area contributed by atoms with Gasteiger partial charge in [0, 0.05) is 6.04 Å². The lowest BCUT2D eigenvalue weighted by Gasteiger charge is -2.19. The van der Waals surface area contributed by atoms with Gasteiger partial charge >= 0.3 is 0 Å². The van der Waals surface area contributed by atoms with Crippen LogP contribution in [0.4, 0.5) is 4.39 Å². The molecule has 0 aromatic heterocycles. The van der Waals surface area contributed by atoms with Crippen molar-refractivity contribution < 1.29 is 4.39 Å². The minimum atomic E-state index is -0.121. The first-order valence-electron chi connectivity index (χ1n) is 7.75. The largest absolute Gasteiger partial charge is 0.310 e. The fraction of sp³-hybridized carbons (Fsp3) is 0.368. The van der Waals surface area contributed by atoms with Crippen molar-refractivity contribution in [1.82, 2.24) is 5.32 Å². The normalized spacial score (nSPS) is 22.0. The van der Waals surface area contributed by atoms with E-state index in [4.69, 9.17) is 0 Å². The molecule has 1 aliphatic rings. The van der Waals surface area contributed by atoms with Gasteiger partial charge in [-0.3, -0.25) is 0 Å². The zero-order valence-electron chi connectivity index (χ0n) is 12.6. The minimum Gasteiger partial charge on any atom is -0.310 e. The Morgan fingerprint density at radius 3 is 2.62 bits per heavy atom. The van der Waals surface area contributed by atoms with E-state index < -0.39 is 0 Å². The van der Waals surface area contributed by atoms with Gasteiger partial charge in [0.15, 0.2) is 0 Å². The highest BCUT2D eigenvalue weighted by Crippen LogP contribution is 2.54. The summed E-state index contributed by atoms with van der Waals surface area (Å²) < 4.78 is 13.5. The number of rotatable bonds is 5. The van der Waals surface area contributed by atoms with Gasteiger partial charge in [0.25, 0.3) is 0 Å². The van der Waals surface area contributed by atoms with E-state index in [1.54, 1.807) is 6.07 Å². The van der Waals surface area contributed by atoms with Crippen molar-refractivity contribution in [2.24, 2.45) is 5.92 Å². The third-order valence-corrected chi connectivity index (χ3v) is 4.46. The number of benzene rings is 2. The monoisotopic (exact) mass is 283 g/mol. The van der Waals surface area contributed by atoms with Crippen LogP contribution in [0, 0.1) is 18.7 Å². The molecule has 0 heterocycles. The molecule has 3 atom stereocenters. The van der Waals surface area contributed by atoms with Crippen LogP contribution in [0.5, 0.6) is 0 Å². The predicted octanol–water partition coefficient (Wildman–Crippen LogP) is 4.59. The van der Waals surface area contributed by atoms with Gasteiger partial charge in [-0.05, 0) is 54.5 Å². The average Bonchev–Trinajstić information content (AvgIpc) is 3.29. The van der Waals surface area contributed by atoms with Gasteiger partial charge in [-0.2, -0.15) is 0 Å². The molecule has 0 aliphatic heterocycles. The molecule has 1 N–H and O–H groups in total. The highest BCUT2D eigenvalue weighted by Gasteiger charge is 2.44. The van der Waals surface area contributed by atoms with Crippen LogP contribution >= 0.6 is 0 Å². The lowest BCUT2D eigenvalue weighted by atomic mass is 9.97. The van der Waals surface area contributed by atoms with E-state index in [2.05, 4.69) is 42.6 Å². The highest BCUT2D eigenvalue weighted by atomic mass is 19.1. The zero-order valence-corrected chi connectivity index (χ0v) is 12.6. The van der Waals surface area contributed by atoms with Gasteiger partial charge in [0.2, 0.25) is 0 Å². The molecule has 3 rings (SSSR count). The lowest BCUT2D eigenvalue weighted by Crippen LogP contribution is -2.23. The van der Waals surface area contributed by atoms with Crippen LogP contribution < -0.4 is 5.32 Å². The molecule has 1 fully saturated rings. The van der Waals surface area contributed by atoms with Crippen molar-refractivity contribution in [3.8, 4) is 0 Å². The second-order valence-electron chi connectivity index (χ2n) is 5.96. The number of hydrogen-bond acceptors (Lipinski definition) is 1. The maximum absolute atomic E-state index is 13.5. The summed E-state index contributed by atoms with van der Waals surface area (Å²) in [7, 11) is 0. The summed E-state index contributed by atoms with van der Waals surface area (Å²) in [5.41, 5.74) is 3.36. The summed E-state index contributed by atoms with van der Waals surface area (Å²) in [6.07, 6.45) is 1.21. The molecule has 2 heteroatoms. The number of nitrogens with one attached hydrogen (secondary N) is 1. The third kappa shape index (κ3) is 3.01. The Bertz CT molecular complexity index is 608. The maximum Gasteiger partial charge on any atom is 0.126 e. The Morgan fingerprint density at radius 2 is 1.95 bits per heavy atom. The topological polar surface area (TPSA) is 12.0 Å². The van der Waals surface area contributed by atoms with Gasteiger partial charge in [-0.15, -0.1) is 0 Å². The maximum atomic E-state index is 13.5. The predicted molar refractivity (Wildman–Crippen MR) is 84.8 cm³/mol. The lowest BCUT2D eigenvalue weighted by molar-refractivity contribution is 0.485. The second kappa shape index (κ2) is 5.98. The van der Waals surface area contributed by atoms with Gasteiger partial charge in [-0.25, -0.2) is 4.39 Å². The van der Waals surface area contributed by atoms with Crippen molar-refractivity contribution in [3.63, 3.8) is 0 Å².